The highest BCUT2D eigenvalue weighted by molar-refractivity contribution is 5.79. The molecule has 2 unspecified atom stereocenters. The number of carbonyl (C=O) groups excluding carboxylic acids is 1. The molecule has 0 fully saturated rings. The number of hydrogen-bond acceptors (Lipinski definition) is 1. The summed E-state index contributed by atoms with van der Waals surface area (Å²) in [5, 5.41) is 0. The number of ketones is 1. The third-order valence-corrected chi connectivity index (χ3v) is 3.84. The van der Waals surface area contributed by atoms with Crippen LogP contribution in [0.3, 0.4) is 0 Å². The van der Waals surface area contributed by atoms with Crippen molar-refractivity contribution in [1.29, 1.82) is 0 Å². The van der Waals surface area contributed by atoms with Crippen molar-refractivity contribution < 1.29 is 4.79 Å². The summed E-state index contributed by atoms with van der Waals surface area (Å²) in [6.07, 6.45) is 10.9. The highest BCUT2D eigenvalue weighted by atomic mass is 16.1. The molecule has 2 aliphatic rings. The van der Waals surface area contributed by atoms with Gasteiger partial charge in [-0.05, 0) is 51.4 Å². The van der Waals surface area contributed by atoms with E-state index < -0.39 is 0 Å². The quantitative estimate of drug-likeness (QED) is 0.651. The summed E-state index contributed by atoms with van der Waals surface area (Å²) in [4.78, 5) is 11.9. The Hall–Kier alpha value is -0.850. The van der Waals surface area contributed by atoms with Crippen LogP contribution in [0.15, 0.2) is 23.3 Å². The van der Waals surface area contributed by atoms with Crippen molar-refractivity contribution >= 4 is 5.78 Å². The molecular weight excluding hydrogens is 196 g/mol. The molecule has 0 aliphatic heterocycles. The highest BCUT2D eigenvalue weighted by Crippen LogP contribution is 2.30. The fraction of sp³-hybridized carbons (Fsp3) is 0.667. The number of carbonyl (C=O) groups is 1. The Balaban J connectivity index is 1.77. The second-order valence-corrected chi connectivity index (χ2v) is 5.57. The van der Waals surface area contributed by atoms with Crippen molar-refractivity contribution in [3.05, 3.63) is 23.3 Å². The van der Waals surface area contributed by atoms with Crippen LogP contribution in [0.5, 0.6) is 0 Å². The molecule has 0 aromatic heterocycles. The second-order valence-electron chi connectivity index (χ2n) is 5.57. The van der Waals surface area contributed by atoms with Gasteiger partial charge >= 0.3 is 0 Å². The molecule has 0 spiro atoms. The van der Waals surface area contributed by atoms with Gasteiger partial charge in [0.1, 0.15) is 5.78 Å². The highest BCUT2D eigenvalue weighted by Gasteiger charge is 2.20. The van der Waals surface area contributed by atoms with E-state index in [2.05, 4.69) is 26.0 Å². The number of Topliss-reactive ketones (excluding diaryl/α,β-unsaturated/α-hetero) is 1. The van der Waals surface area contributed by atoms with Gasteiger partial charge in [0.05, 0.1) is 0 Å². The van der Waals surface area contributed by atoms with E-state index in [-0.39, 0.29) is 0 Å². The molecule has 0 radical (unpaired) electrons. The summed E-state index contributed by atoms with van der Waals surface area (Å²) in [6, 6.07) is 0. The maximum Gasteiger partial charge on any atom is 0.134 e. The van der Waals surface area contributed by atoms with Gasteiger partial charge in [0.15, 0.2) is 0 Å². The van der Waals surface area contributed by atoms with Gasteiger partial charge in [0.2, 0.25) is 0 Å². The van der Waals surface area contributed by atoms with Gasteiger partial charge in [-0.2, -0.15) is 0 Å². The van der Waals surface area contributed by atoms with Crippen molar-refractivity contribution in [2.24, 2.45) is 11.8 Å². The molecular formula is C15H22O. The lowest BCUT2D eigenvalue weighted by atomic mass is 9.95. The molecule has 0 saturated heterocycles. The molecule has 0 bridgehead atoms. The fourth-order valence-electron chi connectivity index (χ4n) is 2.95. The maximum atomic E-state index is 11.9. The molecule has 0 saturated carbocycles. The smallest absolute Gasteiger partial charge is 0.134 e. The monoisotopic (exact) mass is 218 g/mol. The Kier molecular flexibility index (Phi) is 3.63. The van der Waals surface area contributed by atoms with Crippen LogP contribution in [0.25, 0.3) is 0 Å². The van der Waals surface area contributed by atoms with Crippen molar-refractivity contribution in [3.8, 4) is 0 Å². The van der Waals surface area contributed by atoms with E-state index in [9.17, 15) is 4.79 Å². The Bertz CT molecular complexity index is 303. The lowest BCUT2D eigenvalue weighted by Crippen LogP contribution is -2.08. The number of rotatable bonds is 4. The summed E-state index contributed by atoms with van der Waals surface area (Å²) >= 11 is 0. The van der Waals surface area contributed by atoms with Crippen molar-refractivity contribution in [2.75, 3.05) is 0 Å². The van der Waals surface area contributed by atoms with Gasteiger partial charge in [-0.25, -0.2) is 0 Å². The first kappa shape index (κ1) is 11.6. The molecule has 88 valence electrons. The van der Waals surface area contributed by atoms with E-state index >= 15 is 0 Å². The van der Waals surface area contributed by atoms with Gasteiger partial charge in [-0.15, -0.1) is 0 Å². The van der Waals surface area contributed by atoms with E-state index in [0.717, 1.165) is 12.8 Å². The first-order chi connectivity index (χ1) is 7.63. The summed E-state index contributed by atoms with van der Waals surface area (Å²) in [7, 11) is 0. The van der Waals surface area contributed by atoms with Gasteiger partial charge in [0, 0.05) is 12.8 Å². The third kappa shape index (κ3) is 3.07. The first-order valence-electron chi connectivity index (χ1n) is 6.50. The Morgan fingerprint density at radius 2 is 1.50 bits per heavy atom. The van der Waals surface area contributed by atoms with E-state index in [1.165, 1.54) is 36.8 Å². The first-order valence-corrected chi connectivity index (χ1v) is 6.50. The SMILES string of the molecule is CC1=CC(CC(=O)CC2C=C(C)CC2)CC1. The molecule has 0 amide bonds. The zero-order valence-electron chi connectivity index (χ0n) is 10.5. The molecule has 0 aromatic carbocycles. The molecule has 1 nitrogen and oxygen atoms in total. The minimum atomic E-state index is 0.465. The topological polar surface area (TPSA) is 17.1 Å². The van der Waals surface area contributed by atoms with Gasteiger partial charge in [0.25, 0.3) is 0 Å². The Morgan fingerprint density at radius 1 is 1.06 bits per heavy atom. The summed E-state index contributed by atoms with van der Waals surface area (Å²) in [5.41, 5.74) is 2.93. The van der Waals surface area contributed by atoms with E-state index in [1.54, 1.807) is 0 Å². The van der Waals surface area contributed by atoms with Crippen molar-refractivity contribution in [3.63, 3.8) is 0 Å². The van der Waals surface area contributed by atoms with Crippen LogP contribution >= 0.6 is 0 Å². The second kappa shape index (κ2) is 4.99. The minimum Gasteiger partial charge on any atom is -0.300 e. The predicted octanol–water partition coefficient (Wildman–Crippen LogP) is 4.05. The molecule has 0 N–H and O–H groups in total. The molecule has 2 rings (SSSR count). The van der Waals surface area contributed by atoms with Crippen LogP contribution in [-0.4, -0.2) is 5.78 Å². The summed E-state index contributed by atoms with van der Waals surface area (Å²) in [5.74, 6) is 1.55. The Labute approximate surface area is 98.6 Å². The largest absolute Gasteiger partial charge is 0.300 e. The van der Waals surface area contributed by atoms with E-state index in [1.807, 2.05) is 0 Å². The van der Waals surface area contributed by atoms with Gasteiger partial charge < -0.3 is 0 Å². The normalized spacial score (nSPS) is 29.1. The molecule has 0 heterocycles. The average molecular weight is 218 g/mol. The molecule has 2 atom stereocenters. The maximum absolute atomic E-state index is 11.9. The van der Waals surface area contributed by atoms with Crippen LogP contribution < -0.4 is 0 Å². The molecule has 16 heavy (non-hydrogen) atoms. The summed E-state index contributed by atoms with van der Waals surface area (Å²) in [6.45, 7) is 4.35. The number of hydrogen-bond donors (Lipinski definition) is 0. The molecule has 0 aromatic rings. The minimum absolute atomic E-state index is 0.465. The van der Waals surface area contributed by atoms with Crippen LogP contribution in [0.2, 0.25) is 0 Å². The van der Waals surface area contributed by atoms with E-state index in [0.29, 0.717) is 17.6 Å². The predicted molar refractivity (Wildman–Crippen MR) is 67.2 cm³/mol. The number of allylic oxidation sites excluding steroid dienone is 4. The zero-order chi connectivity index (χ0) is 11.5. The van der Waals surface area contributed by atoms with E-state index in [4.69, 9.17) is 0 Å². The van der Waals surface area contributed by atoms with Crippen LogP contribution in [0, 0.1) is 11.8 Å². The van der Waals surface area contributed by atoms with Crippen LogP contribution in [-0.2, 0) is 4.79 Å². The Morgan fingerprint density at radius 3 is 1.81 bits per heavy atom. The van der Waals surface area contributed by atoms with Crippen molar-refractivity contribution in [2.45, 2.75) is 52.4 Å². The zero-order valence-corrected chi connectivity index (χ0v) is 10.5. The molecule has 2 aliphatic carbocycles. The van der Waals surface area contributed by atoms with Gasteiger partial charge in [-0.1, -0.05) is 23.3 Å². The molecule has 1 heteroatoms. The standard InChI is InChI=1S/C15H22O/c1-11-3-5-13(7-11)9-15(16)10-14-6-4-12(2)8-14/h7-8,13-14H,3-6,9-10H2,1-2H3. The fourth-order valence-corrected chi connectivity index (χ4v) is 2.95. The van der Waals surface area contributed by atoms with Crippen LogP contribution in [0.1, 0.15) is 52.4 Å². The van der Waals surface area contributed by atoms with Crippen molar-refractivity contribution in [1.82, 2.24) is 0 Å². The lowest BCUT2D eigenvalue weighted by molar-refractivity contribution is -0.120. The average Bonchev–Trinajstić information content (AvgIpc) is 2.76. The van der Waals surface area contributed by atoms with Gasteiger partial charge in [-0.3, -0.25) is 4.79 Å². The summed E-state index contributed by atoms with van der Waals surface area (Å²) < 4.78 is 0. The lowest BCUT2D eigenvalue weighted by Gasteiger charge is -2.09. The third-order valence-electron chi connectivity index (χ3n) is 3.84. The van der Waals surface area contributed by atoms with Crippen LogP contribution in [0.4, 0.5) is 0 Å².